The van der Waals surface area contributed by atoms with Crippen LogP contribution in [0.15, 0.2) is 23.1 Å². The van der Waals surface area contributed by atoms with Crippen LogP contribution in [-0.4, -0.2) is 52.0 Å². The van der Waals surface area contributed by atoms with Crippen LogP contribution in [0.4, 0.5) is 0 Å². The number of carbonyl (C=O) groups is 1. The van der Waals surface area contributed by atoms with Crippen LogP contribution in [-0.2, 0) is 14.8 Å². The van der Waals surface area contributed by atoms with E-state index in [1.165, 1.54) is 22.5 Å². The lowest BCUT2D eigenvalue weighted by Gasteiger charge is -2.19. The molecule has 0 aliphatic heterocycles. The topological polar surface area (TPSA) is 75.7 Å². The molecule has 24 heavy (non-hydrogen) atoms. The average Bonchev–Trinajstić information content (AvgIpc) is 2.55. The van der Waals surface area contributed by atoms with E-state index in [0.29, 0.717) is 26.2 Å². The molecule has 8 heteroatoms. The van der Waals surface area contributed by atoms with E-state index < -0.39 is 10.0 Å². The maximum absolute atomic E-state index is 12.6. The monoisotopic (exact) mass is 376 g/mol. The summed E-state index contributed by atoms with van der Waals surface area (Å²) < 4.78 is 31.5. The van der Waals surface area contributed by atoms with Crippen LogP contribution in [0.3, 0.4) is 0 Å². The fraction of sp³-hybridized carbons (Fsp3) is 0.562. The van der Waals surface area contributed by atoms with Gasteiger partial charge in [-0.3, -0.25) is 4.79 Å². The van der Waals surface area contributed by atoms with Crippen LogP contribution in [0.1, 0.15) is 37.0 Å². The van der Waals surface area contributed by atoms with Crippen molar-refractivity contribution in [2.24, 2.45) is 0 Å². The standard InChI is InChI=1S/C16H25ClN2O4S/c1-4-19(5-2)24(21,22)15-12-13(8-9-14(15)17)16(20)18-10-6-7-11-23-3/h8-9,12H,4-7,10-11H2,1-3H3,(H,18,20). The third-order valence-electron chi connectivity index (χ3n) is 3.58. The van der Waals surface area contributed by atoms with E-state index >= 15 is 0 Å². The van der Waals surface area contributed by atoms with Gasteiger partial charge in [-0.2, -0.15) is 4.31 Å². The fourth-order valence-corrected chi connectivity index (χ4v) is 4.18. The molecule has 0 saturated carbocycles. The molecule has 0 unspecified atom stereocenters. The normalized spacial score (nSPS) is 11.7. The zero-order valence-electron chi connectivity index (χ0n) is 14.3. The second-order valence-electron chi connectivity index (χ2n) is 5.19. The molecule has 0 aromatic heterocycles. The molecule has 136 valence electrons. The summed E-state index contributed by atoms with van der Waals surface area (Å²) in [5.41, 5.74) is 0.275. The average molecular weight is 377 g/mol. The lowest BCUT2D eigenvalue weighted by Crippen LogP contribution is -2.31. The third-order valence-corrected chi connectivity index (χ3v) is 6.11. The quantitative estimate of drug-likeness (QED) is 0.636. The van der Waals surface area contributed by atoms with Crippen molar-refractivity contribution in [1.82, 2.24) is 9.62 Å². The molecule has 0 fully saturated rings. The molecule has 0 saturated heterocycles. The minimum absolute atomic E-state index is 0.0418. The first kappa shape index (κ1) is 20.9. The Bertz CT molecular complexity index is 645. The SMILES string of the molecule is CCN(CC)S(=O)(=O)c1cc(C(=O)NCCCCOC)ccc1Cl. The Morgan fingerprint density at radius 2 is 1.92 bits per heavy atom. The van der Waals surface area contributed by atoms with Gasteiger partial charge in [-0.05, 0) is 31.0 Å². The highest BCUT2D eigenvalue weighted by Gasteiger charge is 2.25. The Kier molecular flexibility index (Phi) is 8.69. The molecule has 0 radical (unpaired) electrons. The molecular formula is C16H25ClN2O4S. The van der Waals surface area contributed by atoms with Gasteiger partial charge in [0.25, 0.3) is 5.91 Å². The van der Waals surface area contributed by atoms with E-state index in [-0.39, 0.29) is 21.4 Å². The molecular weight excluding hydrogens is 352 g/mol. The number of hydrogen-bond acceptors (Lipinski definition) is 4. The Morgan fingerprint density at radius 3 is 2.50 bits per heavy atom. The van der Waals surface area contributed by atoms with E-state index in [1.807, 2.05) is 0 Å². The van der Waals surface area contributed by atoms with E-state index in [1.54, 1.807) is 21.0 Å². The first-order valence-electron chi connectivity index (χ1n) is 7.95. The summed E-state index contributed by atoms with van der Waals surface area (Å²) >= 11 is 6.05. The molecule has 0 heterocycles. The molecule has 1 aromatic rings. The van der Waals surface area contributed by atoms with Gasteiger partial charge >= 0.3 is 0 Å². The van der Waals surface area contributed by atoms with Crippen LogP contribution in [0.2, 0.25) is 5.02 Å². The zero-order valence-corrected chi connectivity index (χ0v) is 15.9. The lowest BCUT2D eigenvalue weighted by molar-refractivity contribution is 0.0951. The second kappa shape index (κ2) is 9.98. The Labute approximate surface area is 149 Å². The number of ether oxygens (including phenoxy) is 1. The first-order chi connectivity index (χ1) is 11.4. The van der Waals surface area contributed by atoms with Crippen molar-refractivity contribution < 1.29 is 17.9 Å². The van der Waals surface area contributed by atoms with Gasteiger partial charge in [0.2, 0.25) is 10.0 Å². The summed E-state index contributed by atoms with van der Waals surface area (Å²) in [6.45, 7) is 5.33. The minimum Gasteiger partial charge on any atom is -0.385 e. The lowest BCUT2D eigenvalue weighted by atomic mass is 10.2. The maximum atomic E-state index is 12.6. The van der Waals surface area contributed by atoms with Crippen molar-refractivity contribution >= 4 is 27.5 Å². The van der Waals surface area contributed by atoms with Crippen LogP contribution >= 0.6 is 11.6 Å². The number of halogens is 1. The number of amides is 1. The van der Waals surface area contributed by atoms with Crippen molar-refractivity contribution in [3.05, 3.63) is 28.8 Å². The van der Waals surface area contributed by atoms with Gasteiger partial charge < -0.3 is 10.1 Å². The number of sulfonamides is 1. The number of unbranched alkanes of at least 4 members (excludes halogenated alkanes) is 1. The molecule has 1 amide bonds. The van der Waals surface area contributed by atoms with Crippen LogP contribution in [0.5, 0.6) is 0 Å². The predicted octanol–water partition coefficient (Wildman–Crippen LogP) is 2.53. The largest absolute Gasteiger partial charge is 0.385 e. The maximum Gasteiger partial charge on any atom is 0.251 e. The van der Waals surface area contributed by atoms with Gasteiger partial charge in [-0.15, -0.1) is 0 Å². The van der Waals surface area contributed by atoms with Crippen molar-refractivity contribution in [1.29, 1.82) is 0 Å². The Hall–Kier alpha value is -1.15. The van der Waals surface area contributed by atoms with E-state index in [0.717, 1.165) is 12.8 Å². The highest BCUT2D eigenvalue weighted by atomic mass is 35.5. The molecule has 1 N–H and O–H groups in total. The molecule has 1 rings (SSSR count). The van der Waals surface area contributed by atoms with Crippen molar-refractivity contribution in [2.45, 2.75) is 31.6 Å². The third kappa shape index (κ3) is 5.44. The van der Waals surface area contributed by atoms with Crippen molar-refractivity contribution in [3.63, 3.8) is 0 Å². The van der Waals surface area contributed by atoms with Crippen LogP contribution in [0, 0.1) is 0 Å². The summed E-state index contributed by atoms with van der Waals surface area (Å²) in [6, 6.07) is 4.30. The van der Waals surface area contributed by atoms with Gasteiger partial charge in [-0.25, -0.2) is 8.42 Å². The second-order valence-corrected chi connectivity index (χ2v) is 7.50. The number of carbonyl (C=O) groups excluding carboxylic acids is 1. The van der Waals surface area contributed by atoms with Crippen LogP contribution in [0.25, 0.3) is 0 Å². The molecule has 1 aromatic carbocycles. The Morgan fingerprint density at radius 1 is 1.25 bits per heavy atom. The Balaban J connectivity index is 2.91. The number of hydrogen-bond donors (Lipinski definition) is 1. The first-order valence-corrected chi connectivity index (χ1v) is 9.77. The van der Waals surface area contributed by atoms with E-state index in [4.69, 9.17) is 16.3 Å². The van der Waals surface area contributed by atoms with Crippen molar-refractivity contribution in [2.75, 3.05) is 33.4 Å². The highest BCUT2D eigenvalue weighted by molar-refractivity contribution is 7.89. The zero-order chi connectivity index (χ0) is 18.2. The number of methoxy groups -OCH3 is 1. The smallest absolute Gasteiger partial charge is 0.251 e. The number of rotatable bonds is 10. The molecule has 6 nitrogen and oxygen atoms in total. The van der Waals surface area contributed by atoms with Gasteiger partial charge in [0.05, 0.1) is 5.02 Å². The summed E-state index contributed by atoms with van der Waals surface area (Å²) in [5.74, 6) is -0.319. The molecule has 0 bridgehead atoms. The predicted molar refractivity (Wildman–Crippen MR) is 95.0 cm³/mol. The highest BCUT2D eigenvalue weighted by Crippen LogP contribution is 2.25. The van der Waals surface area contributed by atoms with Gasteiger partial charge in [0, 0.05) is 38.9 Å². The van der Waals surface area contributed by atoms with Gasteiger partial charge in [0.1, 0.15) is 4.90 Å². The molecule has 0 spiro atoms. The summed E-state index contributed by atoms with van der Waals surface area (Å²) in [7, 11) is -2.09. The van der Waals surface area contributed by atoms with E-state index in [2.05, 4.69) is 5.32 Å². The summed E-state index contributed by atoms with van der Waals surface area (Å²) in [5, 5.41) is 2.88. The summed E-state index contributed by atoms with van der Waals surface area (Å²) in [4.78, 5) is 12.1. The number of nitrogens with zero attached hydrogens (tertiary/aromatic N) is 1. The van der Waals surface area contributed by atoms with E-state index in [9.17, 15) is 13.2 Å². The number of nitrogens with one attached hydrogen (secondary N) is 1. The number of benzene rings is 1. The van der Waals surface area contributed by atoms with Gasteiger partial charge in [-0.1, -0.05) is 25.4 Å². The van der Waals surface area contributed by atoms with Crippen molar-refractivity contribution in [3.8, 4) is 0 Å². The molecule has 0 atom stereocenters. The van der Waals surface area contributed by atoms with Gasteiger partial charge in [0.15, 0.2) is 0 Å². The van der Waals surface area contributed by atoms with Crippen LogP contribution < -0.4 is 5.32 Å². The summed E-state index contributed by atoms with van der Waals surface area (Å²) in [6.07, 6.45) is 1.64. The fourth-order valence-electron chi connectivity index (χ4n) is 2.22. The molecule has 0 aliphatic carbocycles. The molecule has 0 aliphatic rings. The minimum atomic E-state index is -3.72.